The highest BCUT2D eigenvalue weighted by Gasteiger charge is 2.18. The Hall–Kier alpha value is -1.40. The number of pyridine rings is 1. The van der Waals surface area contributed by atoms with Crippen molar-refractivity contribution in [2.75, 3.05) is 7.11 Å². The van der Waals surface area contributed by atoms with E-state index in [4.69, 9.17) is 4.74 Å². The number of halogens is 1. The van der Waals surface area contributed by atoms with Gasteiger partial charge in [0.15, 0.2) is 14.9 Å². The number of hydrogen-bond donors (Lipinski definition) is 0. The average Bonchev–Trinajstić information content (AvgIpc) is 2.42. The Kier molecular flexibility index (Phi) is 4.21. The van der Waals surface area contributed by atoms with Crippen molar-refractivity contribution in [1.29, 1.82) is 0 Å². The summed E-state index contributed by atoms with van der Waals surface area (Å²) in [7, 11) is -1.92. The van der Waals surface area contributed by atoms with Gasteiger partial charge in [0.05, 0.1) is 12.9 Å². The molecule has 0 radical (unpaired) electrons. The average molecular weight is 342 g/mol. The summed E-state index contributed by atoms with van der Waals surface area (Å²) in [6, 6.07) is 10.1. The van der Waals surface area contributed by atoms with Gasteiger partial charge < -0.3 is 4.74 Å². The molecule has 0 saturated heterocycles. The summed E-state index contributed by atoms with van der Waals surface area (Å²) in [5, 5.41) is 0.0738. The second-order valence-corrected chi connectivity index (χ2v) is 6.68. The number of rotatable bonds is 4. The molecule has 0 spiro atoms. The highest BCUT2D eigenvalue weighted by molar-refractivity contribution is 9.10. The summed E-state index contributed by atoms with van der Waals surface area (Å²) >= 11 is 3.34. The third-order valence-electron chi connectivity index (χ3n) is 2.55. The van der Waals surface area contributed by atoms with E-state index in [-0.39, 0.29) is 10.8 Å². The van der Waals surface area contributed by atoms with E-state index in [1.54, 1.807) is 37.4 Å². The molecule has 0 atom stereocenters. The first-order chi connectivity index (χ1) is 9.03. The van der Waals surface area contributed by atoms with Crippen molar-refractivity contribution in [1.82, 2.24) is 4.98 Å². The van der Waals surface area contributed by atoms with Crippen LogP contribution >= 0.6 is 15.9 Å². The lowest BCUT2D eigenvalue weighted by atomic mass is 10.2. The van der Waals surface area contributed by atoms with Crippen molar-refractivity contribution in [3.05, 3.63) is 52.6 Å². The lowest BCUT2D eigenvalue weighted by molar-refractivity contribution is 0.414. The monoisotopic (exact) mass is 341 g/mol. The standard InChI is InChI=1S/C13H12BrNO3S/c1-18-11-5-6-12(14)10(8-11)9-19(16,17)13-4-2-3-7-15-13/h2-8H,9H2,1H3. The van der Waals surface area contributed by atoms with Crippen molar-refractivity contribution < 1.29 is 13.2 Å². The minimum atomic E-state index is -3.46. The van der Waals surface area contributed by atoms with Crippen LogP contribution in [0, 0.1) is 0 Å². The maximum atomic E-state index is 12.2. The zero-order valence-corrected chi connectivity index (χ0v) is 12.6. The fourth-order valence-corrected chi connectivity index (χ4v) is 3.47. The van der Waals surface area contributed by atoms with Crippen LogP contribution in [0.5, 0.6) is 5.75 Å². The number of nitrogens with zero attached hydrogens (tertiary/aromatic N) is 1. The highest BCUT2D eigenvalue weighted by Crippen LogP contribution is 2.25. The van der Waals surface area contributed by atoms with Gasteiger partial charge in [-0.25, -0.2) is 13.4 Å². The van der Waals surface area contributed by atoms with Crippen LogP contribution in [0.1, 0.15) is 5.56 Å². The summed E-state index contributed by atoms with van der Waals surface area (Å²) in [5.74, 6) is 0.497. The van der Waals surface area contributed by atoms with Gasteiger partial charge in [-0.05, 0) is 35.9 Å². The first-order valence-corrected chi connectivity index (χ1v) is 7.93. The normalized spacial score (nSPS) is 11.3. The van der Waals surface area contributed by atoms with Crippen molar-refractivity contribution in [2.45, 2.75) is 10.8 Å². The van der Waals surface area contributed by atoms with E-state index < -0.39 is 9.84 Å². The second kappa shape index (κ2) is 5.71. The number of aromatic nitrogens is 1. The van der Waals surface area contributed by atoms with Crippen LogP contribution in [-0.2, 0) is 15.6 Å². The van der Waals surface area contributed by atoms with Gasteiger partial charge in [-0.3, -0.25) is 0 Å². The highest BCUT2D eigenvalue weighted by atomic mass is 79.9. The molecule has 6 heteroatoms. The van der Waals surface area contributed by atoms with Gasteiger partial charge in [0.1, 0.15) is 5.75 Å². The van der Waals surface area contributed by atoms with Gasteiger partial charge in [0.25, 0.3) is 0 Å². The van der Waals surface area contributed by atoms with Crippen molar-refractivity contribution in [3.63, 3.8) is 0 Å². The first-order valence-electron chi connectivity index (χ1n) is 5.49. The van der Waals surface area contributed by atoms with Crippen molar-refractivity contribution >= 4 is 25.8 Å². The quantitative estimate of drug-likeness (QED) is 0.857. The van der Waals surface area contributed by atoms with Gasteiger partial charge in [-0.2, -0.15) is 0 Å². The molecular weight excluding hydrogens is 330 g/mol. The summed E-state index contributed by atoms with van der Waals surface area (Å²) < 4.78 is 30.3. The smallest absolute Gasteiger partial charge is 0.199 e. The van der Waals surface area contributed by atoms with E-state index in [9.17, 15) is 8.42 Å². The van der Waals surface area contributed by atoms with E-state index in [1.165, 1.54) is 12.3 Å². The molecule has 0 aliphatic heterocycles. The zero-order chi connectivity index (χ0) is 13.9. The Balaban J connectivity index is 2.36. The van der Waals surface area contributed by atoms with Crippen LogP contribution < -0.4 is 4.74 Å². The molecule has 1 heterocycles. The molecule has 0 saturated carbocycles. The summed E-state index contributed by atoms with van der Waals surface area (Å²) in [4.78, 5) is 3.88. The third kappa shape index (κ3) is 3.33. The van der Waals surface area contributed by atoms with E-state index in [0.717, 1.165) is 4.47 Å². The minimum Gasteiger partial charge on any atom is -0.497 e. The molecule has 2 rings (SSSR count). The molecule has 0 aliphatic carbocycles. The Morgan fingerprint density at radius 2 is 2.05 bits per heavy atom. The third-order valence-corrected chi connectivity index (χ3v) is 4.90. The first kappa shape index (κ1) is 14.0. The molecule has 0 N–H and O–H groups in total. The maximum absolute atomic E-state index is 12.2. The summed E-state index contributed by atoms with van der Waals surface area (Å²) in [5.41, 5.74) is 0.644. The number of hydrogen-bond acceptors (Lipinski definition) is 4. The Morgan fingerprint density at radius 1 is 1.26 bits per heavy atom. The fraction of sp³-hybridized carbons (Fsp3) is 0.154. The molecule has 1 aromatic heterocycles. The summed E-state index contributed by atoms with van der Waals surface area (Å²) in [6.07, 6.45) is 1.47. The van der Waals surface area contributed by atoms with E-state index >= 15 is 0 Å². The van der Waals surface area contributed by atoms with Crippen molar-refractivity contribution in [2.24, 2.45) is 0 Å². The number of benzene rings is 1. The van der Waals surface area contributed by atoms with Gasteiger partial charge in [0.2, 0.25) is 0 Å². The molecule has 19 heavy (non-hydrogen) atoms. The molecule has 2 aromatic rings. The molecule has 0 fully saturated rings. The lowest BCUT2D eigenvalue weighted by Crippen LogP contribution is -2.07. The van der Waals surface area contributed by atoms with Gasteiger partial charge in [0, 0.05) is 10.7 Å². The number of methoxy groups -OCH3 is 1. The fourth-order valence-electron chi connectivity index (χ4n) is 1.60. The molecular formula is C13H12BrNO3S. The van der Waals surface area contributed by atoms with E-state index in [2.05, 4.69) is 20.9 Å². The Labute approximate surface area is 120 Å². The van der Waals surface area contributed by atoms with Crippen LogP contribution in [0.25, 0.3) is 0 Å². The second-order valence-electron chi connectivity index (χ2n) is 3.88. The predicted molar refractivity (Wildman–Crippen MR) is 75.8 cm³/mol. The van der Waals surface area contributed by atoms with Crippen LogP contribution in [0.3, 0.4) is 0 Å². The topological polar surface area (TPSA) is 56.3 Å². The molecule has 0 aliphatic rings. The molecule has 1 aromatic carbocycles. The SMILES string of the molecule is COc1ccc(Br)c(CS(=O)(=O)c2ccccn2)c1. The van der Waals surface area contributed by atoms with Gasteiger partial charge in [-0.15, -0.1) is 0 Å². The molecule has 0 amide bonds. The molecule has 4 nitrogen and oxygen atoms in total. The molecule has 0 bridgehead atoms. The lowest BCUT2D eigenvalue weighted by Gasteiger charge is -2.08. The molecule has 100 valence electrons. The maximum Gasteiger partial charge on any atom is 0.199 e. The Bertz CT molecular complexity index is 672. The van der Waals surface area contributed by atoms with Gasteiger partial charge in [-0.1, -0.05) is 22.0 Å². The molecule has 0 unspecified atom stereocenters. The minimum absolute atomic E-state index is 0.0738. The van der Waals surface area contributed by atoms with Crippen LogP contribution in [0.15, 0.2) is 52.1 Å². The predicted octanol–water partition coefficient (Wildman–Crippen LogP) is 2.83. The summed E-state index contributed by atoms with van der Waals surface area (Å²) in [6.45, 7) is 0. The van der Waals surface area contributed by atoms with E-state index in [0.29, 0.717) is 11.3 Å². The van der Waals surface area contributed by atoms with Gasteiger partial charge >= 0.3 is 0 Å². The Morgan fingerprint density at radius 3 is 2.68 bits per heavy atom. The van der Waals surface area contributed by atoms with Crippen LogP contribution in [-0.4, -0.2) is 20.5 Å². The van der Waals surface area contributed by atoms with E-state index in [1.807, 2.05) is 0 Å². The van der Waals surface area contributed by atoms with Crippen molar-refractivity contribution in [3.8, 4) is 5.75 Å². The largest absolute Gasteiger partial charge is 0.497 e. The zero-order valence-electron chi connectivity index (χ0n) is 10.2. The number of sulfone groups is 1. The van der Waals surface area contributed by atoms with Crippen LogP contribution in [0.2, 0.25) is 0 Å². The number of ether oxygens (including phenoxy) is 1. The van der Waals surface area contributed by atoms with Crippen LogP contribution in [0.4, 0.5) is 0 Å².